The Kier molecular flexibility index (Phi) is 8.76. The van der Waals surface area contributed by atoms with Crippen LogP contribution in [0.3, 0.4) is 0 Å². The van der Waals surface area contributed by atoms with Gasteiger partial charge in [0.1, 0.15) is 0 Å². The number of hydrogen-bond donors (Lipinski definition) is 1. The van der Waals surface area contributed by atoms with Crippen LogP contribution in [0.15, 0.2) is 71.6 Å². The smallest absolute Gasteiger partial charge is 0.228 e. The van der Waals surface area contributed by atoms with Crippen molar-refractivity contribution in [3.63, 3.8) is 0 Å². The number of carbonyl (C=O) groups is 2. The number of aliphatic hydroxyl groups is 1. The minimum Gasteiger partial charge on any atom is -0.392 e. The first kappa shape index (κ1) is 30.5. The van der Waals surface area contributed by atoms with Gasteiger partial charge in [0.05, 0.1) is 17.2 Å². The molecule has 1 heterocycles. The zero-order valence-corrected chi connectivity index (χ0v) is 25.5. The molecule has 0 bridgehead atoms. The second-order valence-electron chi connectivity index (χ2n) is 12.2. The van der Waals surface area contributed by atoms with Crippen molar-refractivity contribution in [3.05, 3.63) is 77.9 Å². The maximum atomic E-state index is 13.4. The van der Waals surface area contributed by atoms with Crippen LogP contribution in [0.2, 0.25) is 0 Å². The highest BCUT2D eigenvalue weighted by molar-refractivity contribution is 7.90. The van der Waals surface area contributed by atoms with Gasteiger partial charge in [-0.25, -0.2) is 8.42 Å². The first-order chi connectivity index (χ1) is 19.3. The van der Waals surface area contributed by atoms with Crippen LogP contribution in [0.5, 0.6) is 0 Å². The van der Waals surface area contributed by atoms with E-state index in [0.717, 1.165) is 35.9 Å². The summed E-state index contributed by atoms with van der Waals surface area (Å²) in [7, 11) is -3.55. The number of para-hydroxylation sites is 1. The molecule has 1 saturated heterocycles. The van der Waals surface area contributed by atoms with Crippen molar-refractivity contribution in [1.29, 1.82) is 0 Å². The summed E-state index contributed by atoms with van der Waals surface area (Å²) in [6.07, 6.45) is 2.72. The third-order valence-corrected chi connectivity index (χ3v) is 9.01. The molecule has 1 fully saturated rings. The van der Waals surface area contributed by atoms with E-state index in [4.69, 9.17) is 0 Å². The number of anilines is 2. The van der Waals surface area contributed by atoms with E-state index in [0.29, 0.717) is 23.4 Å². The molecule has 0 saturated carbocycles. The van der Waals surface area contributed by atoms with Crippen LogP contribution in [-0.2, 0) is 26.0 Å². The summed E-state index contributed by atoms with van der Waals surface area (Å²) < 4.78 is 24.7. The molecule has 1 aliphatic heterocycles. The van der Waals surface area contributed by atoms with E-state index in [9.17, 15) is 23.1 Å². The normalized spacial score (nSPS) is 17.6. The maximum absolute atomic E-state index is 13.4. The number of rotatable bonds is 8. The van der Waals surface area contributed by atoms with Crippen LogP contribution in [0, 0.1) is 11.3 Å². The predicted molar refractivity (Wildman–Crippen MR) is 163 cm³/mol. The minimum atomic E-state index is -3.55. The van der Waals surface area contributed by atoms with Crippen LogP contribution in [0.25, 0.3) is 11.1 Å². The number of aliphatic hydroxyl groups excluding tert-OH is 1. The summed E-state index contributed by atoms with van der Waals surface area (Å²) in [6.45, 7) is 10.4. The second kappa shape index (κ2) is 11.8. The van der Waals surface area contributed by atoms with Gasteiger partial charge in [0, 0.05) is 35.9 Å². The van der Waals surface area contributed by atoms with Crippen LogP contribution in [-0.4, -0.2) is 49.6 Å². The number of carbonyl (C=O) groups excluding carboxylic acids is 2. The molecule has 4 rings (SSSR count). The molecule has 218 valence electrons. The standard InChI is InChI=1S/C33H40N2O5S/c1-22(2)31-28(16-17-34(31)32(38)33(3,4)5)27-12-7-8-13-29(27)35(21-37)26-11-9-10-23(18-26)24-14-15-25(20-36)30(19-24)41(6,39)40/h7-15,18-19,21-22,28,31,36H,16-17,20H2,1-6H3/t28-,31?/m1/s1. The predicted octanol–water partition coefficient (Wildman–Crippen LogP) is 5.93. The maximum Gasteiger partial charge on any atom is 0.228 e. The SMILES string of the molecule is CC(C)C1[C@@H](c2ccccc2N(C=O)c2cccc(-c3ccc(CO)c(S(C)(=O)=O)c3)c2)CCN1C(=O)C(C)(C)C. The summed E-state index contributed by atoms with van der Waals surface area (Å²) in [5.41, 5.74) is 3.67. The molecule has 1 unspecified atom stereocenters. The first-order valence-electron chi connectivity index (χ1n) is 14.0. The molecule has 8 heteroatoms. The number of likely N-dealkylation sites (tertiary alicyclic amines) is 1. The summed E-state index contributed by atoms with van der Waals surface area (Å²) in [5.74, 6) is 0.420. The van der Waals surface area contributed by atoms with E-state index in [1.807, 2.05) is 74.2 Å². The molecule has 0 aromatic heterocycles. The molecule has 41 heavy (non-hydrogen) atoms. The Hall–Kier alpha value is -3.49. The Balaban J connectivity index is 1.76. The van der Waals surface area contributed by atoms with Crippen molar-refractivity contribution in [1.82, 2.24) is 4.90 Å². The molecule has 0 spiro atoms. The first-order valence-corrected chi connectivity index (χ1v) is 15.9. The van der Waals surface area contributed by atoms with E-state index in [2.05, 4.69) is 13.8 Å². The van der Waals surface area contributed by atoms with Gasteiger partial charge in [0.15, 0.2) is 9.84 Å². The fourth-order valence-corrected chi connectivity index (χ4v) is 6.92. The molecule has 1 N–H and O–H groups in total. The monoisotopic (exact) mass is 576 g/mol. The Bertz CT molecular complexity index is 1540. The Morgan fingerprint density at radius 3 is 2.34 bits per heavy atom. The zero-order valence-electron chi connectivity index (χ0n) is 24.7. The molecule has 2 atom stereocenters. The molecule has 1 aliphatic rings. The lowest BCUT2D eigenvalue weighted by molar-refractivity contribution is -0.141. The third kappa shape index (κ3) is 6.23. The van der Waals surface area contributed by atoms with Crippen molar-refractivity contribution in [2.45, 2.75) is 64.5 Å². The van der Waals surface area contributed by atoms with Gasteiger partial charge in [0.25, 0.3) is 0 Å². The molecule has 0 aliphatic carbocycles. The number of benzene rings is 3. The van der Waals surface area contributed by atoms with Gasteiger partial charge in [-0.15, -0.1) is 0 Å². The fraction of sp³-hybridized carbons (Fsp3) is 0.394. The van der Waals surface area contributed by atoms with Crippen molar-refractivity contribution in [2.75, 3.05) is 17.7 Å². The van der Waals surface area contributed by atoms with Crippen molar-refractivity contribution in [2.24, 2.45) is 11.3 Å². The molecule has 0 radical (unpaired) electrons. The summed E-state index contributed by atoms with van der Waals surface area (Å²) in [4.78, 5) is 29.7. The third-order valence-electron chi connectivity index (χ3n) is 7.83. The molecule has 2 amide bonds. The Morgan fingerprint density at radius 1 is 1.05 bits per heavy atom. The summed E-state index contributed by atoms with van der Waals surface area (Å²) in [6, 6.07) is 20.2. The Morgan fingerprint density at radius 2 is 1.73 bits per heavy atom. The molecule has 3 aromatic rings. The van der Waals surface area contributed by atoms with Crippen molar-refractivity contribution >= 4 is 33.5 Å². The van der Waals surface area contributed by atoms with Gasteiger partial charge >= 0.3 is 0 Å². The number of hydrogen-bond acceptors (Lipinski definition) is 5. The van der Waals surface area contributed by atoms with E-state index < -0.39 is 15.3 Å². The average molecular weight is 577 g/mol. The van der Waals surface area contributed by atoms with Crippen LogP contribution in [0.1, 0.15) is 58.1 Å². The lowest BCUT2D eigenvalue weighted by atomic mass is 9.83. The van der Waals surface area contributed by atoms with Crippen LogP contribution < -0.4 is 4.90 Å². The topological polar surface area (TPSA) is 95.0 Å². The highest BCUT2D eigenvalue weighted by Gasteiger charge is 2.43. The molecular formula is C33H40N2O5S. The zero-order chi connectivity index (χ0) is 30.1. The molecular weight excluding hydrogens is 536 g/mol. The van der Waals surface area contributed by atoms with E-state index >= 15 is 0 Å². The quantitative estimate of drug-likeness (QED) is 0.336. The van der Waals surface area contributed by atoms with Gasteiger partial charge in [-0.1, -0.05) is 77.1 Å². The number of sulfone groups is 1. The highest BCUT2D eigenvalue weighted by atomic mass is 32.2. The number of nitrogens with zero attached hydrogens (tertiary/aromatic N) is 2. The lowest BCUT2D eigenvalue weighted by Crippen LogP contribution is -2.45. The van der Waals surface area contributed by atoms with Crippen molar-refractivity contribution in [3.8, 4) is 11.1 Å². The highest BCUT2D eigenvalue weighted by Crippen LogP contribution is 2.44. The van der Waals surface area contributed by atoms with Gasteiger partial charge in [-0.3, -0.25) is 14.5 Å². The Labute approximate surface area is 243 Å². The largest absolute Gasteiger partial charge is 0.392 e. The second-order valence-corrected chi connectivity index (χ2v) is 14.2. The minimum absolute atomic E-state index is 0.00200. The molecule has 3 aromatic carbocycles. The van der Waals surface area contributed by atoms with E-state index in [-0.39, 0.29) is 35.3 Å². The van der Waals surface area contributed by atoms with Crippen LogP contribution in [0.4, 0.5) is 11.4 Å². The summed E-state index contributed by atoms with van der Waals surface area (Å²) >= 11 is 0. The number of amides is 2. The van der Waals surface area contributed by atoms with Gasteiger partial charge < -0.3 is 10.0 Å². The lowest BCUT2D eigenvalue weighted by Gasteiger charge is -2.36. The molecule has 7 nitrogen and oxygen atoms in total. The van der Waals surface area contributed by atoms with Gasteiger partial charge in [0.2, 0.25) is 12.3 Å². The van der Waals surface area contributed by atoms with Gasteiger partial charge in [-0.05, 0) is 58.9 Å². The summed E-state index contributed by atoms with van der Waals surface area (Å²) in [5, 5.41) is 9.64. The van der Waals surface area contributed by atoms with Gasteiger partial charge in [-0.2, -0.15) is 0 Å². The van der Waals surface area contributed by atoms with Crippen LogP contribution >= 0.6 is 0 Å². The fourth-order valence-electron chi connectivity index (χ4n) is 5.97. The average Bonchev–Trinajstić information content (AvgIpc) is 3.37. The van der Waals surface area contributed by atoms with E-state index in [1.165, 1.54) is 0 Å². The van der Waals surface area contributed by atoms with E-state index in [1.54, 1.807) is 23.1 Å². The van der Waals surface area contributed by atoms with Crippen molar-refractivity contribution < 1.29 is 23.1 Å².